The van der Waals surface area contributed by atoms with E-state index in [1.165, 1.54) is 33.8 Å². The van der Waals surface area contributed by atoms with Crippen LogP contribution < -0.4 is 10.9 Å². The lowest BCUT2D eigenvalue weighted by molar-refractivity contribution is 0.0635. The van der Waals surface area contributed by atoms with Gasteiger partial charge in [-0.15, -0.1) is 11.7 Å². The highest BCUT2D eigenvalue weighted by Gasteiger charge is 2.37. The van der Waals surface area contributed by atoms with Crippen LogP contribution in [0.4, 0.5) is 19.4 Å². The molecule has 2 atom stereocenters. The number of carbonyl (C=O) groups is 1. The molecule has 6 rings (SSSR count). The lowest BCUT2D eigenvalue weighted by atomic mass is 9.93. The monoisotopic (exact) mass is 647 g/mol. The second kappa shape index (κ2) is 11.9. The van der Waals surface area contributed by atoms with E-state index in [4.69, 9.17) is 16.3 Å². The average Bonchev–Trinajstić information content (AvgIpc) is 3.71. The quantitative estimate of drug-likeness (QED) is 0.164. The molecule has 1 aliphatic rings. The standard InChI is InChI=1S/C31H28ClF2N9O3/c1-5-6-16-11-19-12-17(21-14-18(32)7-9-22(21)42-15-35-40-41-42)13-24(44)43(19)26(16)25-28(34)39-29(38-25)20-8-10-23(36-27(20)33)37-30(45)46-31(2,3)4/h5,7-10,12-16,26H,1,6,11H2,2-4H3,(H,38,39)(H,36,37,45)/t16-,26-/m0/s1. The van der Waals surface area contributed by atoms with Crippen molar-refractivity contribution in [2.24, 2.45) is 5.92 Å². The minimum atomic E-state index is -0.995. The van der Waals surface area contributed by atoms with Crippen LogP contribution in [0.3, 0.4) is 0 Å². The first-order valence-corrected chi connectivity index (χ1v) is 14.6. The van der Waals surface area contributed by atoms with Gasteiger partial charge in [0.15, 0.2) is 0 Å². The van der Waals surface area contributed by atoms with Crippen molar-refractivity contribution >= 4 is 23.5 Å². The van der Waals surface area contributed by atoms with Crippen molar-refractivity contribution in [3.63, 3.8) is 0 Å². The zero-order chi connectivity index (χ0) is 32.7. The first-order valence-electron chi connectivity index (χ1n) is 14.2. The Morgan fingerprint density at radius 2 is 1.96 bits per heavy atom. The van der Waals surface area contributed by atoms with Crippen LogP contribution in [0.1, 0.15) is 44.6 Å². The Hall–Kier alpha value is -5.24. The third kappa shape index (κ3) is 6.03. The Kier molecular flexibility index (Phi) is 7.98. The van der Waals surface area contributed by atoms with Gasteiger partial charge < -0.3 is 14.3 Å². The highest BCUT2D eigenvalue weighted by molar-refractivity contribution is 6.31. The minimum Gasteiger partial charge on any atom is -0.444 e. The number of carbonyl (C=O) groups excluding carboxylic acids is 1. The predicted octanol–water partition coefficient (Wildman–Crippen LogP) is 5.89. The van der Waals surface area contributed by atoms with Crippen LogP contribution in [-0.4, -0.2) is 51.4 Å². The normalized spacial score (nSPS) is 15.9. The molecule has 46 heavy (non-hydrogen) atoms. The maximum absolute atomic E-state index is 15.6. The molecule has 236 valence electrons. The molecule has 0 radical (unpaired) electrons. The fourth-order valence-electron chi connectivity index (χ4n) is 5.63. The fraction of sp³-hybridized carbons (Fsp3) is 0.258. The van der Waals surface area contributed by atoms with E-state index in [0.717, 1.165) is 0 Å². The van der Waals surface area contributed by atoms with Gasteiger partial charge in [-0.25, -0.2) is 9.78 Å². The van der Waals surface area contributed by atoms with Gasteiger partial charge in [-0.1, -0.05) is 17.7 Å². The van der Waals surface area contributed by atoms with E-state index in [1.54, 1.807) is 45.0 Å². The van der Waals surface area contributed by atoms with E-state index in [0.29, 0.717) is 40.4 Å². The van der Waals surface area contributed by atoms with Crippen molar-refractivity contribution < 1.29 is 18.3 Å². The maximum Gasteiger partial charge on any atom is 0.413 e. The van der Waals surface area contributed by atoms with Gasteiger partial charge in [0, 0.05) is 22.3 Å². The number of ether oxygens (including phenoxy) is 1. The molecule has 12 nitrogen and oxygen atoms in total. The summed E-state index contributed by atoms with van der Waals surface area (Å²) in [7, 11) is 0. The molecule has 1 aromatic carbocycles. The topological polar surface area (TPSA) is 146 Å². The number of pyridine rings is 2. The van der Waals surface area contributed by atoms with E-state index in [9.17, 15) is 9.59 Å². The van der Waals surface area contributed by atoms with Crippen molar-refractivity contribution in [1.82, 2.24) is 39.7 Å². The van der Waals surface area contributed by atoms with Gasteiger partial charge in [-0.2, -0.15) is 18.4 Å². The number of anilines is 1. The molecule has 0 saturated carbocycles. The van der Waals surface area contributed by atoms with Crippen LogP contribution >= 0.6 is 11.6 Å². The number of halogens is 3. The Bertz CT molecular complexity index is 2020. The zero-order valence-corrected chi connectivity index (χ0v) is 25.7. The molecule has 0 aliphatic carbocycles. The Balaban J connectivity index is 1.36. The number of imidazole rings is 1. The first-order chi connectivity index (χ1) is 21.9. The van der Waals surface area contributed by atoms with Gasteiger partial charge in [-0.3, -0.25) is 10.1 Å². The second-order valence-electron chi connectivity index (χ2n) is 11.7. The highest BCUT2D eigenvalue weighted by Crippen LogP contribution is 2.40. The Labute approximate surface area is 266 Å². The van der Waals surface area contributed by atoms with E-state index in [1.807, 2.05) is 6.07 Å². The van der Waals surface area contributed by atoms with Crippen LogP contribution in [0, 0.1) is 17.8 Å². The van der Waals surface area contributed by atoms with Crippen LogP contribution in [0.25, 0.3) is 28.2 Å². The third-order valence-electron chi connectivity index (χ3n) is 7.39. The molecule has 0 fully saturated rings. The molecule has 0 saturated heterocycles. The number of rotatable bonds is 7. The van der Waals surface area contributed by atoms with Crippen LogP contribution in [-0.2, 0) is 11.2 Å². The van der Waals surface area contributed by atoms with Gasteiger partial charge in [0.25, 0.3) is 5.56 Å². The molecule has 15 heteroatoms. The number of hydrogen-bond donors (Lipinski definition) is 2. The number of amides is 1. The zero-order valence-electron chi connectivity index (χ0n) is 25.0. The highest BCUT2D eigenvalue weighted by atomic mass is 35.5. The summed E-state index contributed by atoms with van der Waals surface area (Å²) in [6.07, 6.45) is 3.23. The van der Waals surface area contributed by atoms with Gasteiger partial charge in [-0.05, 0) is 91.9 Å². The van der Waals surface area contributed by atoms with Crippen molar-refractivity contribution in [2.45, 2.75) is 45.3 Å². The summed E-state index contributed by atoms with van der Waals surface area (Å²) in [4.78, 5) is 36.4. The minimum absolute atomic E-state index is 0.0166. The Morgan fingerprint density at radius 1 is 1.15 bits per heavy atom. The molecule has 1 aliphatic heterocycles. The van der Waals surface area contributed by atoms with Crippen molar-refractivity contribution in [2.75, 3.05) is 5.32 Å². The fourth-order valence-corrected chi connectivity index (χ4v) is 5.81. The number of allylic oxidation sites excluding steroid dienone is 1. The molecule has 0 bridgehead atoms. The third-order valence-corrected chi connectivity index (χ3v) is 7.63. The maximum atomic E-state index is 15.6. The largest absolute Gasteiger partial charge is 0.444 e. The van der Waals surface area contributed by atoms with Crippen LogP contribution in [0.5, 0.6) is 0 Å². The second-order valence-corrected chi connectivity index (χ2v) is 12.2. The van der Waals surface area contributed by atoms with Crippen molar-refractivity contribution in [1.29, 1.82) is 0 Å². The summed E-state index contributed by atoms with van der Waals surface area (Å²) >= 11 is 6.32. The molecule has 5 aromatic rings. The summed E-state index contributed by atoms with van der Waals surface area (Å²) in [5.41, 5.74) is 1.23. The number of benzene rings is 1. The number of nitrogens with zero attached hydrogens (tertiary/aromatic N) is 7. The summed E-state index contributed by atoms with van der Waals surface area (Å²) in [6.45, 7) is 8.92. The van der Waals surface area contributed by atoms with Gasteiger partial charge in [0.05, 0.1) is 23.0 Å². The summed E-state index contributed by atoms with van der Waals surface area (Å²) in [5.74, 6) is -2.36. The summed E-state index contributed by atoms with van der Waals surface area (Å²) in [6, 6.07) is 10.3. The van der Waals surface area contributed by atoms with E-state index in [2.05, 4.69) is 42.4 Å². The number of hydrogen-bond acceptors (Lipinski definition) is 8. The molecular weight excluding hydrogens is 620 g/mol. The van der Waals surface area contributed by atoms with Crippen molar-refractivity contribution in [3.8, 4) is 28.2 Å². The molecular formula is C31H28ClF2N9O3. The van der Waals surface area contributed by atoms with Crippen molar-refractivity contribution in [3.05, 3.63) is 100 Å². The van der Waals surface area contributed by atoms with Gasteiger partial charge in [0.2, 0.25) is 11.9 Å². The van der Waals surface area contributed by atoms with E-state index >= 15 is 8.78 Å². The van der Waals surface area contributed by atoms with Gasteiger partial charge in [0.1, 0.15) is 23.6 Å². The predicted molar refractivity (Wildman–Crippen MR) is 166 cm³/mol. The summed E-state index contributed by atoms with van der Waals surface area (Å²) in [5, 5.41) is 14.2. The van der Waals surface area contributed by atoms with Crippen LogP contribution in [0.15, 0.2) is 66.2 Å². The SMILES string of the molecule is C=CC[C@H]1Cc2cc(-c3cc(Cl)ccc3-n3cnnn3)cc(=O)n2[C@@H]1c1[nH]c(-c2ccc(NC(=O)OC(C)(C)C)nc2F)nc1F. The molecule has 0 unspecified atom stereocenters. The molecule has 1 amide bonds. The molecule has 0 spiro atoms. The number of fused-ring (bicyclic) bond motifs is 1. The first kappa shape index (κ1) is 30.8. The molecule has 2 N–H and O–H groups in total. The average molecular weight is 648 g/mol. The molecule has 5 heterocycles. The number of aromatic nitrogens is 8. The van der Waals surface area contributed by atoms with Gasteiger partial charge >= 0.3 is 6.09 Å². The van der Waals surface area contributed by atoms with Crippen LogP contribution in [0.2, 0.25) is 5.02 Å². The number of tetrazole rings is 1. The van der Waals surface area contributed by atoms with E-state index in [-0.39, 0.29) is 34.4 Å². The number of H-pyrrole nitrogens is 1. The number of aromatic amines is 1. The molecule has 4 aromatic heterocycles. The lowest BCUT2D eigenvalue weighted by Crippen LogP contribution is -2.27. The number of nitrogens with one attached hydrogen (secondary N) is 2. The Morgan fingerprint density at radius 3 is 2.65 bits per heavy atom. The van der Waals surface area contributed by atoms with E-state index < -0.39 is 29.6 Å². The summed E-state index contributed by atoms with van der Waals surface area (Å²) < 4.78 is 38.9. The smallest absolute Gasteiger partial charge is 0.413 e. The lowest BCUT2D eigenvalue weighted by Gasteiger charge is -2.20.